The number of fused-ring (bicyclic) bond motifs is 1. The van der Waals surface area contributed by atoms with Crippen molar-refractivity contribution in [1.29, 1.82) is 0 Å². The predicted octanol–water partition coefficient (Wildman–Crippen LogP) is 3.89. The molecule has 8 nitrogen and oxygen atoms in total. The maximum Gasteiger partial charge on any atom is 0.237 e. The Morgan fingerprint density at radius 3 is 2.62 bits per heavy atom. The molecule has 2 heterocycles. The maximum atomic E-state index is 13.6. The van der Waals surface area contributed by atoms with Crippen LogP contribution in [0.5, 0.6) is 0 Å². The summed E-state index contributed by atoms with van der Waals surface area (Å²) in [5, 5.41) is 12.1. The first-order chi connectivity index (χ1) is 16.3. The van der Waals surface area contributed by atoms with Gasteiger partial charge in [-0.25, -0.2) is 4.39 Å². The molecule has 2 atom stereocenters. The first-order valence-electron chi connectivity index (χ1n) is 11.0. The van der Waals surface area contributed by atoms with E-state index >= 15 is 0 Å². The third-order valence-corrected chi connectivity index (χ3v) is 6.76. The van der Waals surface area contributed by atoms with Gasteiger partial charge in [-0.05, 0) is 64.3 Å². The maximum absolute atomic E-state index is 13.6. The molecule has 3 aromatic rings. The highest BCUT2D eigenvalue weighted by Gasteiger charge is 2.30. The van der Waals surface area contributed by atoms with Crippen LogP contribution in [0.2, 0.25) is 0 Å². The van der Waals surface area contributed by atoms with Crippen molar-refractivity contribution in [3.8, 4) is 5.69 Å². The van der Waals surface area contributed by atoms with Crippen molar-refractivity contribution in [2.24, 2.45) is 0 Å². The molecule has 1 aromatic heterocycles. The van der Waals surface area contributed by atoms with Crippen LogP contribution in [-0.2, 0) is 9.59 Å². The largest absolute Gasteiger partial charge is 0.324 e. The molecule has 0 spiro atoms. The highest BCUT2D eigenvalue weighted by Crippen LogP contribution is 2.33. The average Bonchev–Trinajstić information content (AvgIpc) is 3.16. The van der Waals surface area contributed by atoms with Gasteiger partial charge in [0.1, 0.15) is 5.82 Å². The number of nitrogens with zero attached hydrogens (tertiary/aromatic N) is 5. The number of thioether (sulfide) groups is 1. The highest BCUT2D eigenvalue weighted by molar-refractivity contribution is 7.99. The predicted molar refractivity (Wildman–Crippen MR) is 131 cm³/mol. The Morgan fingerprint density at radius 1 is 1.21 bits per heavy atom. The van der Waals surface area contributed by atoms with Gasteiger partial charge in [-0.1, -0.05) is 23.9 Å². The van der Waals surface area contributed by atoms with Crippen molar-refractivity contribution in [1.82, 2.24) is 19.7 Å². The van der Waals surface area contributed by atoms with E-state index in [4.69, 9.17) is 0 Å². The second-order valence-electron chi connectivity index (χ2n) is 8.46. The van der Waals surface area contributed by atoms with Gasteiger partial charge < -0.3 is 10.2 Å². The molecule has 2 amide bonds. The summed E-state index contributed by atoms with van der Waals surface area (Å²) in [6.07, 6.45) is 0.210. The van der Waals surface area contributed by atoms with Crippen LogP contribution >= 0.6 is 11.8 Å². The lowest BCUT2D eigenvalue weighted by Gasteiger charge is -2.27. The summed E-state index contributed by atoms with van der Waals surface area (Å²) in [7, 11) is 3.89. The molecule has 0 radical (unpaired) electrons. The molecule has 1 N–H and O–H groups in total. The van der Waals surface area contributed by atoms with Gasteiger partial charge in [-0.15, -0.1) is 10.2 Å². The molecule has 34 heavy (non-hydrogen) atoms. The normalized spacial score (nSPS) is 16.7. The van der Waals surface area contributed by atoms with Gasteiger partial charge in [0.15, 0.2) is 11.0 Å². The van der Waals surface area contributed by atoms with Crippen LogP contribution in [0.1, 0.15) is 32.1 Å². The van der Waals surface area contributed by atoms with Gasteiger partial charge in [0.2, 0.25) is 11.8 Å². The number of hydrogen-bond donors (Lipinski definition) is 1. The molecule has 1 aliphatic rings. The first kappa shape index (κ1) is 23.9. The molecule has 0 fully saturated rings. The monoisotopic (exact) mass is 482 g/mol. The van der Waals surface area contributed by atoms with Gasteiger partial charge in [0.05, 0.1) is 23.2 Å². The Hall–Kier alpha value is -3.24. The zero-order valence-corrected chi connectivity index (χ0v) is 20.3. The van der Waals surface area contributed by atoms with Crippen LogP contribution < -0.4 is 10.2 Å². The summed E-state index contributed by atoms with van der Waals surface area (Å²) >= 11 is 1.26. The number of anilines is 2. The van der Waals surface area contributed by atoms with Gasteiger partial charge in [-0.2, -0.15) is 0 Å². The second kappa shape index (κ2) is 9.94. The molecule has 0 unspecified atom stereocenters. The molecule has 1 aliphatic heterocycles. The standard InChI is InChI=1S/C24H27FN6O2S/c1-15-13-21(32)26-19-7-5-6-8-20(19)30(15)22(33)14-34-24-28-27-23(16(2)29(3)4)31(24)18-11-9-17(25)10-12-18/h5-12,15-16H,13-14H2,1-4H3,(H,26,32)/t15-,16-/m0/s1. The lowest BCUT2D eigenvalue weighted by Crippen LogP contribution is -2.40. The molecule has 178 valence electrons. The van der Waals surface area contributed by atoms with Gasteiger partial charge in [-0.3, -0.25) is 19.1 Å². The van der Waals surface area contributed by atoms with E-state index in [2.05, 4.69) is 15.5 Å². The number of carbonyl (C=O) groups is 2. The number of halogens is 1. The van der Waals surface area contributed by atoms with E-state index in [1.165, 1.54) is 23.9 Å². The minimum absolute atomic E-state index is 0.0582. The topological polar surface area (TPSA) is 83.4 Å². The quantitative estimate of drug-likeness (QED) is 0.537. The molecule has 10 heteroatoms. The summed E-state index contributed by atoms with van der Waals surface area (Å²) in [5.74, 6) is 0.191. The second-order valence-corrected chi connectivity index (χ2v) is 9.41. The fourth-order valence-electron chi connectivity index (χ4n) is 3.87. The van der Waals surface area contributed by atoms with E-state index in [-0.39, 0.29) is 41.9 Å². The van der Waals surface area contributed by atoms with Gasteiger partial charge >= 0.3 is 0 Å². The number of benzene rings is 2. The Balaban J connectivity index is 1.63. The number of rotatable bonds is 6. The fourth-order valence-corrected chi connectivity index (χ4v) is 4.69. The van der Waals surface area contributed by atoms with Crippen LogP contribution in [-0.4, -0.2) is 57.4 Å². The number of carbonyl (C=O) groups excluding carboxylic acids is 2. The minimum Gasteiger partial charge on any atom is -0.324 e. The molecular formula is C24H27FN6O2S. The molecule has 2 aromatic carbocycles. The van der Waals surface area contributed by atoms with E-state index in [1.807, 2.05) is 55.6 Å². The van der Waals surface area contributed by atoms with Gasteiger partial charge in [0, 0.05) is 18.2 Å². The average molecular weight is 483 g/mol. The smallest absolute Gasteiger partial charge is 0.237 e. The Kier molecular flexibility index (Phi) is 6.99. The van der Waals surface area contributed by atoms with Crippen molar-refractivity contribution >= 4 is 35.0 Å². The number of nitrogens with one attached hydrogen (secondary N) is 1. The fraction of sp³-hybridized carbons (Fsp3) is 0.333. The number of aromatic nitrogens is 3. The third kappa shape index (κ3) is 4.83. The Morgan fingerprint density at radius 2 is 1.91 bits per heavy atom. The van der Waals surface area contributed by atoms with Crippen molar-refractivity contribution < 1.29 is 14.0 Å². The first-order valence-corrected chi connectivity index (χ1v) is 12.0. The molecule has 0 aliphatic carbocycles. The molecule has 4 rings (SSSR count). The van der Waals surface area contributed by atoms with E-state index in [9.17, 15) is 14.0 Å². The zero-order valence-electron chi connectivity index (χ0n) is 19.5. The van der Waals surface area contributed by atoms with Gasteiger partial charge in [0.25, 0.3) is 0 Å². The summed E-state index contributed by atoms with van der Waals surface area (Å²) in [6, 6.07) is 13.0. The molecule has 0 saturated heterocycles. The van der Waals surface area contributed by atoms with Crippen molar-refractivity contribution in [2.75, 3.05) is 30.1 Å². The minimum atomic E-state index is -0.333. The Bertz CT molecular complexity index is 1200. The number of hydrogen-bond acceptors (Lipinski definition) is 6. The SMILES string of the molecule is C[C@@H](c1nnc(SCC(=O)N2c3ccccc3NC(=O)C[C@@H]2C)n1-c1ccc(F)cc1)N(C)C. The van der Waals surface area contributed by atoms with Crippen molar-refractivity contribution in [3.05, 3.63) is 60.2 Å². The Labute approximate surface area is 202 Å². The number of para-hydroxylation sites is 2. The van der Waals surface area contributed by atoms with Crippen molar-refractivity contribution in [3.63, 3.8) is 0 Å². The van der Waals surface area contributed by atoms with E-state index in [1.54, 1.807) is 23.1 Å². The third-order valence-electron chi connectivity index (χ3n) is 5.84. The lowest BCUT2D eigenvalue weighted by atomic mass is 10.2. The van der Waals surface area contributed by atoms with E-state index < -0.39 is 0 Å². The summed E-state index contributed by atoms with van der Waals surface area (Å²) in [5.41, 5.74) is 2.01. The van der Waals surface area contributed by atoms with Crippen LogP contribution in [0, 0.1) is 5.82 Å². The summed E-state index contributed by atoms with van der Waals surface area (Å²) in [4.78, 5) is 29.3. The van der Waals surface area contributed by atoms with E-state index in [0.717, 1.165) is 0 Å². The lowest BCUT2D eigenvalue weighted by molar-refractivity contribution is -0.117. The van der Waals surface area contributed by atoms with Crippen LogP contribution in [0.3, 0.4) is 0 Å². The zero-order chi connectivity index (χ0) is 24.4. The van der Waals surface area contributed by atoms with Crippen molar-refractivity contribution in [2.45, 2.75) is 37.5 Å². The highest BCUT2D eigenvalue weighted by atomic mass is 32.2. The molecular weight excluding hydrogens is 455 g/mol. The van der Waals surface area contributed by atoms with Crippen LogP contribution in [0.4, 0.5) is 15.8 Å². The summed E-state index contributed by atoms with van der Waals surface area (Å²) < 4.78 is 15.4. The van der Waals surface area contributed by atoms with Crippen LogP contribution in [0.25, 0.3) is 5.69 Å². The molecule has 0 saturated carbocycles. The van der Waals surface area contributed by atoms with E-state index in [0.29, 0.717) is 28.0 Å². The number of amides is 2. The molecule has 0 bridgehead atoms. The van der Waals surface area contributed by atoms with Crippen LogP contribution in [0.15, 0.2) is 53.7 Å². The summed E-state index contributed by atoms with van der Waals surface area (Å²) in [6.45, 7) is 3.87.